The van der Waals surface area contributed by atoms with Gasteiger partial charge in [0.1, 0.15) is 6.67 Å². The molecule has 0 spiro atoms. The number of halogens is 2. The van der Waals surface area contributed by atoms with Crippen molar-refractivity contribution >= 4 is 12.4 Å². The first-order valence-corrected chi connectivity index (χ1v) is 5.54. The van der Waals surface area contributed by atoms with E-state index in [1.807, 2.05) is 25.5 Å². The van der Waals surface area contributed by atoms with Gasteiger partial charge in [-0.25, -0.2) is 4.39 Å². The topological polar surface area (TPSA) is 47.7 Å². The molecule has 0 radical (unpaired) electrons. The van der Waals surface area contributed by atoms with E-state index in [4.69, 9.17) is 0 Å². The summed E-state index contributed by atoms with van der Waals surface area (Å²) in [6.07, 6.45) is 5.59. The van der Waals surface area contributed by atoms with Crippen LogP contribution in [0.1, 0.15) is 11.3 Å². The highest BCUT2D eigenvalue weighted by molar-refractivity contribution is 5.85. The lowest BCUT2D eigenvalue weighted by Gasteiger charge is -2.00. The van der Waals surface area contributed by atoms with Crippen molar-refractivity contribution in [1.82, 2.24) is 24.9 Å². The molecule has 0 atom stereocenters. The summed E-state index contributed by atoms with van der Waals surface area (Å²) in [4.78, 5) is 0. The number of nitrogens with one attached hydrogen (secondary N) is 1. The van der Waals surface area contributed by atoms with E-state index in [2.05, 4.69) is 15.5 Å². The first kappa shape index (κ1) is 14.7. The number of hydrogen-bond acceptors (Lipinski definition) is 3. The summed E-state index contributed by atoms with van der Waals surface area (Å²) < 4.78 is 15.5. The molecule has 0 unspecified atom stereocenters. The minimum atomic E-state index is -0.385. The van der Waals surface area contributed by atoms with Crippen LogP contribution in [-0.2, 0) is 26.7 Å². The molecule has 2 aromatic rings. The summed E-state index contributed by atoms with van der Waals surface area (Å²) in [5, 5.41) is 11.6. The van der Waals surface area contributed by atoms with Crippen LogP contribution < -0.4 is 5.32 Å². The first-order chi connectivity index (χ1) is 8.28. The maximum Gasteiger partial charge on any atom is 0.109 e. The van der Waals surface area contributed by atoms with Gasteiger partial charge < -0.3 is 5.32 Å². The maximum absolute atomic E-state index is 12.1. The third-order valence-corrected chi connectivity index (χ3v) is 2.40. The molecule has 0 saturated carbocycles. The zero-order valence-corrected chi connectivity index (χ0v) is 11.0. The molecule has 0 fully saturated rings. The van der Waals surface area contributed by atoms with Crippen LogP contribution in [0.25, 0.3) is 0 Å². The molecular weight excluding hydrogens is 257 g/mol. The van der Waals surface area contributed by atoms with Gasteiger partial charge in [-0.05, 0) is 6.07 Å². The SMILES string of the molecule is Cl.Cn1cc(CNCc2ccn(CCF)n2)cn1. The molecule has 0 amide bonds. The molecule has 2 aromatic heterocycles. The van der Waals surface area contributed by atoms with Gasteiger partial charge in [0, 0.05) is 38.1 Å². The van der Waals surface area contributed by atoms with Gasteiger partial charge in [0.25, 0.3) is 0 Å². The Labute approximate surface area is 111 Å². The van der Waals surface area contributed by atoms with Crippen LogP contribution in [0.15, 0.2) is 24.7 Å². The summed E-state index contributed by atoms with van der Waals surface area (Å²) >= 11 is 0. The fraction of sp³-hybridized carbons (Fsp3) is 0.455. The second kappa shape index (κ2) is 7.13. The summed E-state index contributed by atoms with van der Waals surface area (Å²) in [5.41, 5.74) is 2.05. The van der Waals surface area contributed by atoms with Crippen LogP contribution in [0.3, 0.4) is 0 Å². The Kier molecular flexibility index (Phi) is 5.80. The lowest BCUT2D eigenvalue weighted by Crippen LogP contribution is -2.13. The van der Waals surface area contributed by atoms with Gasteiger partial charge in [0.2, 0.25) is 0 Å². The molecule has 0 aromatic carbocycles. The minimum Gasteiger partial charge on any atom is -0.307 e. The van der Waals surface area contributed by atoms with Crippen LogP contribution >= 0.6 is 12.4 Å². The second-order valence-corrected chi connectivity index (χ2v) is 3.88. The fourth-order valence-corrected chi connectivity index (χ4v) is 1.61. The molecule has 7 heteroatoms. The molecule has 0 aliphatic carbocycles. The van der Waals surface area contributed by atoms with Crippen molar-refractivity contribution < 1.29 is 4.39 Å². The highest BCUT2D eigenvalue weighted by atomic mass is 35.5. The number of hydrogen-bond donors (Lipinski definition) is 1. The Morgan fingerprint density at radius 2 is 2.22 bits per heavy atom. The Morgan fingerprint density at radius 1 is 1.39 bits per heavy atom. The van der Waals surface area contributed by atoms with Crippen molar-refractivity contribution in [2.45, 2.75) is 19.6 Å². The lowest BCUT2D eigenvalue weighted by molar-refractivity contribution is 0.425. The quantitative estimate of drug-likeness (QED) is 0.863. The van der Waals surface area contributed by atoms with Crippen molar-refractivity contribution in [2.75, 3.05) is 6.67 Å². The Hall–Kier alpha value is -1.40. The number of nitrogens with zero attached hydrogens (tertiary/aromatic N) is 4. The normalized spacial score (nSPS) is 10.3. The van der Waals surface area contributed by atoms with E-state index in [9.17, 15) is 4.39 Å². The van der Waals surface area contributed by atoms with Gasteiger partial charge in [-0.2, -0.15) is 10.2 Å². The van der Waals surface area contributed by atoms with Crippen LogP contribution in [0.2, 0.25) is 0 Å². The van der Waals surface area contributed by atoms with E-state index in [0.29, 0.717) is 13.1 Å². The number of aromatic nitrogens is 4. The standard InChI is InChI=1S/C11H16FN5.ClH/c1-16-9-10(7-14-16)6-13-8-11-2-4-17(15-11)5-3-12;/h2,4,7,9,13H,3,5-6,8H2,1H3;1H. The maximum atomic E-state index is 12.1. The largest absolute Gasteiger partial charge is 0.307 e. The zero-order valence-electron chi connectivity index (χ0n) is 10.2. The van der Waals surface area contributed by atoms with Crippen molar-refractivity contribution in [3.63, 3.8) is 0 Å². The molecule has 0 aliphatic rings. The Balaban J connectivity index is 0.00000162. The van der Waals surface area contributed by atoms with E-state index in [-0.39, 0.29) is 19.1 Å². The number of rotatable bonds is 6. The van der Waals surface area contributed by atoms with Gasteiger partial charge in [-0.1, -0.05) is 0 Å². The molecule has 0 saturated heterocycles. The van der Waals surface area contributed by atoms with E-state index in [1.165, 1.54) is 0 Å². The van der Waals surface area contributed by atoms with Crippen molar-refractivity contribution in [2.24, 2.45) is 7.05 Å². The summed E-state index contributed by atoms with van der Waals surface area (Å²) in [6, 6.07) is 1.89. The molecule has 5 nitrogen and oxygen atoms in total. The molecule has 100 valence electrons. The second-order valence-electron chi connectivity index (χ2n) is 3.88. The summed E-state index contributed by atoms with van der Waals surface area (Å²) in [7, 11) is 1.89. The van der Waals surface area contributed by atoms with Crippen LogP contribution in [-0.4, -0.2) is 26.2 Å². The lowest BCUT2D eigenvalue weighted by atomic mass is 10.3. The van der Waals surface area contributed by atoms with Crippen LogP contribution in [0, 0.1) is 0 Å². The zero-order chi connectivity index (χ0) is 12.1. The molecule has 2 heterocycles. The third-order valence-electron chi connectivity index (χ3n) is 2.40. The van der Waals surface area contributed by atoms with Gasteiger partial charge >= 0.3 is 0 Å². The first-order valence-electron chi connectivity index (χ1n) is 5.54. The number of alkyl halides is 1. The van der Waals surface area contributed by atoms with Gasteiger partial charge in [0.05, 0.1) is 18.4 Å². The summed E-state index contributed by atoms with van der Waals surface area (Å²) in [6.45, 7) is 1.37. The predicted octanol–water partition coefficient (Wildman–Crippen LogP) is 1.30. The molecule has 0 bridgehead atoms. The van der Waals surface area contributed by atoms with Crippen LogP contribution in [0.4, 0.5) is 4.39 Å². The van der Waals surface area contributed by atoms with E-state index >= 15 is 0 Å². The van der Waals surface area contributed by atoms with Crippen molar-refractivity contribution in [3.05, 3.63) is 35.9 Å². The highest BCUT2D eigenvalue weighted by Crippen LogP contribution is 1.98. The van der Waals surface area contributed by atoms with Gasteiger partial charge in [-0.3, -0.25) is 9.36 Å². The molecular formula is C11H17ClFN5. The van der Waals surface area contributed by atoms with E-state index < -0.39 is 0 Å². The monoisotopic (exact) mass is 273 g/mol. The Bertz CT molecular complexity index is 467. The average molecular weight is 274 g/mol. The van der Waals surface area contributed by atoms with Crippen LogP contribution in [0.5, 0.6) is 0 Å². The summed E-state index contributed by atoms with van der Waals surface area (Å²) in [5.74, 6) is 0. The third kappa shape index (κ3) is 4.12. The smallest absolute Gasteiger partial charge is 0.109 e. The molecule has 0 aliphatic heterocycles. The highest BCUT2D eigenvalue weighted by Gasteiger charge is 2.00. The van der Waals surface area contributed by atoms with E-state index in [1.54, 1.807) is 15.6 Å². The van der Waals surface area contributed by atoms with Gasteiger partial charge in [0.15, 0.2) is 0 Å². The minimum absolute atomic E-state index is 0. The Morgan fingerprint density at radius 3 is 2.89 bits per heavy atom. The number of aryl methyl sites for hydroxylation is 2. The molecule has 2 rings (SSSR count). The van der Waals surface area contributed by atoms with Crippen molar-refractivity contribution in [1.29, 1.82) is 0 Å². The van der Waals surface area contributed by atoms with Crippen molar-refractivity contribution in [3.8, 4) is 0 Å². The van der Waals surface area contributed by atoms with E-state index in [0.717, 1.165) is 17.8 Å². The predicted molar refractivity (Wildman–Crippen MR) is 69.2 cm³/mol. The van der Waals surface area contributed by atoms with Gasteiger partial charge in [-0.15, -0.1) is 12.4 Å². The molecule has 1 N–H and O–H groups in total. The molecule has 18 heavy (non-hydrogen) atoms. The fourth-order valence-electron chi connectivity index (χ4n) is 1.61. The average Bonchev–Trinajstić information content (AvgIpc) is 2.89.